The summed E-state index contributed by atoms with van der Waals surface area (Å²) in [6.07, 6.45) is -0.936. The summed E-state index contributed by atoms with van der Waals surface area (Å²) in [6.45, 7) is 0.387. The van der Waals surface area contributed by atoms with Crippen molar-refractivity contribution in [2.75, 3.05) is 6.54 Å². The van der Waals surface area contributed by atoms with Crippen molar-refractivity contribution in [2.45, 2.75) is 75.5 Å². The number of amides is 5. The molecule has 0 radical (unpaired) electrons. The molecule has 36 heavy (non-hydrogen) atoms. The van der Waals surface area contributed by atoms with Crippen LogP contribution in [0.2, 0.25) is 0 Å². The largest absolute Gasteiger partial charge is 0.481 e. The van der Waals surface area contributed by atoms with Crippen LogP contribution in [0, 0.1) is 0 Å². The van der Waals surface area contributed by atoms with E-state index in [9.17, 15) is 38.7 Å². The maximum Gasteiger partial charge on any atom is 0.326 e. The van der Waals surface area contributed by atoms with Gasteiger partial charge in [-0.3, -0.25) is 28.8 Å². The number of hydrogen-bond donors (Lipinski definition) is 9. The predicted octanol–water partition coefficient (Wildman–Crippen LogP) is -4.01. The highest BCUT2D eigenvalue weighted by Gasteiger charge is 2.31. The topological polar surface area (TPSA) is 300 Å². The molecule has 0 saturated heterocycles. The number of aliphatic carboxylic acids is 2. The fraction of sp³-hybridized carbons (Fsp3) is 0.650. The molecule has 4 unspecified atom stereocenters. The Kier molecular flexibility index (Phi) is 15.0. The number of hydrogen-bond acceptors (Lipinski definition) is 9. The van der Waals surface area contributed by atoms with Gasteiger partial charge in [0.15, 0.2) is 0 Å². The molecule has 0 rings (SSSR count). The molecule has 0 bridgehead atoms. The highest BCUT2D eigenvalue weighted by atomic mass is 16.4. The Bertz CT molecular complexity index is 821. The van der Waals surface area contributed by atoms with Crippen molar-refractivity contribution in [1.82, 2.24) is 16.0 Å². The quantitative estimate of drug-likeness (QED) is 0.0743. The maximum absolute atomic E-state index is 12.8. The Morgan fingerprint density at radius 3 is 1.61 bits per heavy atom. The SMILES string of the molecule is NCCCCC(N)C(=O)NC(CC(=O)O)C(=O)NC(CCC(N)=O)C(=O)NC(CCC(N)=O)C(=O)O. The summed E-state index contributed by atoms with van der Waals surface area (Å²) in [5.41, 5.74) is 21.2. The molecule has 5 amide bonds. The molecule has 4 atom stereocenters. The van der Waals surface area contributed by atoms with Crippen LogP contribution in [-0.4, -0.2) is 82.4 Å². The van der Waals surface area contributed by atoms with E-state index in [1.165, 1.54) is 0 Å². The molecule has 0 spiro atoms. The number of primary amides is 2. The summed E-state index contributed by atoms with van der Waals surface area (Å²) in [5, 5.41) is 25.0. The molecular weight excluding hydrogens is 482 g/mol. The van der Waals surface area contributed by atoms with Gasteiger partial charge in [-0.15, -0.1) is 0 Å². The normalized spacial score (nSPS) is 13.9. The third-order valence-corrected chi connectivity index (χ3v) is 4.92. The molecule has 0 aliphatic heterocycles. The number of nitrogens with one attached hydrogen (secondary N) is 3. The van der Waals surface area contributed by atoms with Crippen LogP contribution in [0.25, 0.3) is 0 Å². The van der Waals surface area contributed by atoms with E-state index >= 15 is 0 Å². The molecule has 0 aromatic carbocycles. The van der Waals surface area contributed by atoms with Gasteiger partial charge in [0.2, 0.25) is 29.5 Å². The van der Waals surface area contributed by atoms with Gasteiger partial charge < -0.3 is 49.1 Å². The molecule has 204 valence electrons. The summed E-state index contributed by atoms with van der Waals surface area (Å²) >= 11 is 0. The molecular formula is C20H35N7O9. The van der Waals surface area contributed by atoms with Crippen molar-refractivity contribution in [3.63, 3.8) is 0 Å². The van der Waals surface area contributed by atoms with Crippen molar-refractivity contribution in [1.29, 1.82) is 0 Å². The average Bonchev–Trinajstić information content (AvgIpc) is 2.77. The number of carboxylic acid groups (broad SMARTS) is 2. The summed E-state index contributed by atoms with van der Waals surface area (Å²) in [7, 11) is 0. The number of carbonyl (C=O) groups is 7. The Morgan fingerprint density at radius 2 is 1.14 bits per heavy atom. The van der Waals surface area contributed by atoms with Gasteiger partial charge in [0.05, 0.1) is 12.5 Å². The fourth-order valence-corrected chi connectivity index (χ4v) is 2.95. The van der Waals surface area contributed by atoms with E-state index in [1.807, 2.05) is 0 Å². The first kappa shape index (κ1) is 32.2. The van der Waals surface area contributed by atoms with Gasteiger partial charge >= 0.3 is 11.9 Å². The van der Waals surface area contributed by atoms with Crippen molar-refractivity contribution < 1.29 is 43.8 Å². The van der Waals surface area contributed by atoms with Gasteiger partial charge in [0.25, 0.3) is 0 Å². The number of carbonyl (C=O) groups excluding carboxylic acids is 5. The number of unbranched alkanes of at least 4 members (excludes halogenated alkanes) is 1. The Balaban J connectivity index is 5.53. The minimum Gasteiger partial charge on any atom is -0.481 e. The van der Waals surface area contributed by atoms with Crippen LogP contribution in [0.3, 0.4) is 0 Å². The minimum absolute atomic E-state index is 0.232. The van der Waals surface area contributed by atoms with Crippen LogP contribution < -0.4 is 38.9 Å². The van der Waals surface area contributed by atoms with Gasteiger partial charge in [-0.1, -0.05) is 6.42 Å². The summed E-state index contributed by atoms with van der Waals surface area (Å²) < 4.78 is 0. The lowest BCUT2D eigenvalue weighted by Gasteiger charge is -2.24. The standard InChI is InChI=1S/C20H35N7O9/c21-8-2-1-3-10(22)17(32)27-13(9-16(30)31)19(34)25-11(4-6-14(23)28)18(33)26-12(20(35)36)5-7-15(24)29/h10-13H,1-9,21-22H2,(H2,23,28)(H2,24,29)(H,25,34)(H,26,33)(H,27,32)(H,30,31)(H,35,36). The third kappa shape index (κ3) is 13.8. The summed E-state index contributed by atoms with van der Waals surface area (Å²) in [4.78, 5) is 82.6. The number of rotatable bonds is 19. The first-order valence-electron chi connectivity index (χ1n) is 11.2. The van der Waals surface area contributed by atoms with E-state index in [4.69, 9.17) is 28.0 Å². The van der Waals surface area contributed by atoms with Gasteiger partial charge in [-0.25, -0.2) is 4.79 Å². The molecule has 0 aliphatic rings. The van der Waals surface area contributed by atoms with Crippen molar-refractivity contribution in [3.8, 4) is 0 Å². The molecule has 13 N–H and O–H groups in total. The smallest absolute Gasteiger partial charge is 0.326 e. The first-order valence-corrected chi connectivity index (χ1v) is 11.2. The highest BCUT2D eigenvalue weighted by molar-refractivity contribution is 5.95. The average molecular weight is 518 g/mol. The second-order valence-corrected chi connectivity index (χ2v) is 8.02. The lowest BCUT2D eigenvalue weighted by atomic mass is 10.1. The molecule has 16 nitrogen and oxygen atoms in total. The van der Waals surface area contributed by atoms with Crippen LogP contribution in [0.5, 0.6) is 0 Å². The van der Waals surface area contributed by atoms with Crippen LogP contribution in [0.1, 0.15) is 51.4 Å². The number of carboxylic acids is 2. The Labute approximate surface area is 206 Å². The molecule has 16 heteroatoms. The highest BCUT2D eigenvalue weighted by Crippen LogP contribution is 2.05. The van der Waals surface area contributed by atoms with E-state index in [2.05, 4.69) is 16.0 Å². The lowest BCUT2D eigenvalue weighted by molar-refractivity contribution is -0.143. The predicted molar refractivity (Wildman–Crippen MR) is 123 cm³/mol. The lowest BCUT2D eigenvalue weighted by Crippen LogP contribution is -2.57. The Hall–Kier alpha value is -3.79. The zero-order chi connectivity index (χ0) is 27.8. The van der Waals surface area contributed by atoms with E-state index in [0.717, 1.165) is 0 Å². The van der Waals surface area contributed by atoms with Crippen molar-refractivity contribution in [3.05, 3.63) is 0 Å². The van der Waals surface area contributed by atoms with Gasteiger partial charge in [0, 0.05) is 12.8 Å². The van der Waals surface area contributed by atoms with Crippen molar-refractivity contribution >= 4 is 41.5 Å². The van der Waals surface area contributed by atoms with Crippen LogP contribution in [0.15, 0.2) is 0 Å². The second kappa shape index (κ2) is 16.8. The van der Waals surface area contributed by atoms with Crippen LogP contribution >= 0.6 is 0 Å². The maximum atomic E-state index is 12.8. The number of nitrogens with two attached hydrogens (primary N) is 4. The fourth-order valence-electron chi connectivity index (χ4n) is 2.95. The third-order valence-electron chi connectivity index (χ3n) is 4.92. The molecule has 0 aromatic rings. The van der Waals surface area contributed by atoms with Gasteiger partial charge in [0.1, 0.15) is 18.1 Å². The van der Waals surface area contributed by atoms with E-state index < -0.39 is 72.1 Å². The molecule has 0 heterocycles. The molecule has 0 aromatic heterocycles. The molecule has 0 saturated carbocycles. The monoisotopic (exact) mass is 517 g/mol. The van der Waals surface area contributed by atoms with Crippen LogP contribution in [-0.2, 0) is 33.6 Å². The zero-order valence-corrected chi connectivity index (χ0v) is 19.7. The van der Waals surface area contributed by atoms with Gasteiger partial charge in [-0.2, -0.15) is 0 Å². The van der Waals surface area contributed by atoms with E-state index in [0.29, 0.717) is 19.4 Å². The van der Waals surface area contributed by atoms with Gasteiger partial charge in [-0.05, 0) is 32.2 Å². The Morgan fingerprint density at radius 1 is 0.667 bits per heavy atom. The van der Waals surface area contributed by atoms with Crippen LogP contribution in [0.4, 0.5) is 0 Å². The minimum atomic E-state index is -1.63. The zero-order valence-electron chi connectivity index (χ0n) is 19.7. The second-order valence-electron chi connectivity index (χ2n) is 8.02. The van der Waals surface area contributed by atoms with E-state index in [1.54, 1.807) is 0 Å². The molecule has 0 aliphatic carbocycles. The van der Waals surface area contributed by atoms with E-state index in [-0.39, 0.29) is 32.1 Å². The molecule has 0 fully saturated rings. The first-order chi connectivity index (χ1) is 16.8. The summed E-state index contributed by atoms with van der Waals surface area (Å²) in [5.74, 6) is -7.49. The summed E-state index contributed by atoms with van der Waals surface area (Å²) in [6, 6.07) is -5.74. The van der Waals surface area contributed by atoms with Crippen molar-refractivity contribution in [2.24, 2.45) is 22.9 Å².